The van der Waals surface area contributed by atoms with Crippen molar-refractivity contribution >= 4 is 28.4 Å². The van der Waals surface area contributed by atoms with Crippen LogP contribution in [-0.2, 0) is 0 Å². The smallest absolute Gasteiger partial charge is 0.267 e. The van der Waals surface area contributed by atoms with E-state index in [1.807, 2.05) is 0 Å². The van der Waals surface area contributed by atoms with E-state index < -0.39 is 5.91 Å². The van der Waals surface area contributed by atoms with Gasteiger partial charge in [0.2, 0.25) is 5.91 Å². The van der Waals surface area contributed by atoms with Crippen molar-refractivity contribution in [2.45, 2.75) is 18.9 Å². The first-order valence-corrected chi connectivity index (χ1v) is 8.72. The van der Waals surface area contributed by atoms with E-state index in [0.717, 1.165) is 12.8 Å². The van der Waals surface area contributed by atoms with E-state index in [-0.39, 0.29) is 11.6 Å². The lowest BCUT2D eigenvalue weighted by Crippen LogP contribution is -2.29. The Labute approximate surface area is 154 Å². The molecule has 0 spiro atoms. The summed E-state index contributed by atoms with van der Waals surface area (Å²) in [5.74, 6) is 0.192. The molecule has 1 fully saturated rings. The highest BCUT2D eigenvalue weighted by molar-refractivity contribution is 6.35. The Morgan fingerprint density at radius 2 is 1.96 bits per heavy atom. The van der Waals surface area contributed by atoms with Crippen molar-refractivity contribution in [2.24, 2.45) is 17.4 Å². The quantitative estimate of drug-likeness (QED) is 0.738. The van der Waals surface area contributed by atoms with E-state index in [2.05, 4.69) is 4.98 Å². The summed E-state index contributed by atoms with van der Waals surface area (Å²) < 4.78 is 1.45. The maximum atomic E-state index is 13.3. The fraction of sp³-hybridized carbons (Fsp3) is 0.211. The van der Waals surface area contributed by atoms with Crippen LogP contribution >= 0.6 is 11.6 Å². The molecule has 6 nitrogen and oxygen atoms in total. The number of carbonyl (C=O) groups excluding carboxylic acids is 1. The van der Waals surface area contributed by atoms with Crippen LogP contribution in [0.15, 0.2) is 47.3 Å². The number of aromatic nitrogens is 2. The van der Waals surface area contributed by atoms with Gasteiger partial charge in [-0.1, -0.05) is 23.7 Å². The average molecular weight is 369 g/mol. The van der Waals surface area contributed by atoms with Crippen LogP contribution in [0.25, 0.3) is 16.6 Å². The van der Waals surface area contributed by atoms with Crippen molar-refractivity contribution in [2.75, 3.05) is 0 Å². The number of halogens is 1. The zero-order chi connectivity index (χ0) is 18.4. The Morgan fingerprint density at radius 3 is 2.65 bits per heavy atom. The van der Waals surface area contributed by atoms with Gasteiger partial charge in [0.05, 0.1) is 27.7 Å². The number of hydrogen-bond donors (Lipinski definition) is 2. The Kier molecular flexibility index (Phi) is 4.01. The van der Waals surface area contributed by atoms with Gasteiger partial charge < -0.3 is 11.5 Å². The maximum Gasteiger partial charge on any atom is 0.267 e. The van der Waals surface area contributed by atoms with Crippen molar-refractivity contribution in [1.29, 1.82) is 0 Å². The molecule has 3 aromatic rings. The molecule has 7 heteroatoms. The van der Waals surface area contributed by atoms with Crippen LogP contribution in [-0.4, -0.2) is 15.5 Å². The first kappa shape index (κ1) is 16.8. The maximum absolute atomic E-state index is 13.3. The summed E-state index contributed by atoms with van der Waals surface area (Å²) in [5.41, 5.74) is 12.8. The third kappa shape index (κ3) is 2.77. The normalized spacial score (nSPS) is 15.2. The molecule has 0 bridgehead atoms. The molecule has 0 aliphatic heterocycles. The molecule has 132 valence electrons. The minimum Gasteiger partial charge on any atom is -0.366 e. The summed E-state index contributed by atoms with van der Waals surface area (Å²) in [4.78, 5) is 29.5. The minimum absolute atomic E-state index is 0.295. The van der Waals surface area contributed by atoms with Crippen molar-refractivity contribution < 1.29 is 4.79 Å². The second-order valence-electron chi connectivity index (χ2n) is 6.52. The third-order valence-corrected chi connectivity index (χ3v) is 5.00. The molecule has 2 aromatic carbocycles. The van der Waals surface area contributed by atoms with Crippen LogP contribution in [0.3, 0.4) is 0 Å². The van der Waals surface area contributed by atoms with Crippen LogP contribution in [0.1, 0.15) is 35.1 Å². The van der Waals surface area contributed by atoms with Gasteiger partial charge in [0.1, 0.15) is 5.82 Å². The Morgan fingerprint density at radius 1 is 1.23 bits per heavy atom. The van der Waals surface area contributed by atoms with Crippen molar-refractivity contribution in [3.05, 3.63) is 69.2 Å². The summed E-state index contributed by atoms with van der Waals surface area (Å²) in [6, 6.07) is 11.3. The van der Waals surface area contributed by atoms with Gasteiger partial charge in [-0.15, -0.1) is 0 Å². The largest absolute Gasteiger partial charge is 0.366 e. The first-order chi connectivity index (χ1) is 12.5. The molecule has 0 saturated heterocycles. The second-order valence-corrected chi connectivity index (χ2v) is 6.93. The van der Waals surface area contributed by atoms with Crippen LogP contribution in [0.2, 0.25) is 5.02 Å². The number of nitrogens with zero attached hydrogens (tertiary/aromatic N) is 2. The van der Waals surface area contributed by atoms with E-state index in [9.17, 15) is 9.59 Å². The summed E-state index contributed by atoms with van der Waals surface area (Å²) in [6.07, 6.45) is 2.01. The number of carbonyl (C=O) groups is 1. The summed E-state index contributed by atoms with van der Waals surface area (Å²) in [6.45, 7) is 0. The van der Waals surface area contributed by atoms with E-state index in [4.69, 9.17) is 23.1 Å². The van der Waals surface area contributed by atoms with Crippen LogP contribution < -0.4 is 17.0 Å². The second kappa shape index (κ2) is 6.23. The monoisotopic (exact) mass is 368 g/mol. The zero-order valence-corrected chi connectivity index (χ0v) is 14.6. The van der Waals surface area contributed by atoms with Gasteiger partial charge in [0.25, 0.3) is 5.56 Å². The number of nitrogens with two attached hydrogens (primary N) is 2. The molecule has 1 saturated carbocycles. The van der Waals surface area contributed by atoms with E-state index >= 15 is 0 Å². The molecular weight excluding hydrogens is 352 g/mol. The number of hydrogen-bond acceptors (Lipinski definition) is 4. The lowest BCUT2D eigenvalue weighted by atomic mass is 10.1. The summed E-state index contributed by atoms with van der Waals surface area (Å²) in [7, 11) is 0. The SMILES string of the molecule is NC(=O)c1cccc(-n2c(C(N)C3CC3)nc3cccc(Cl)c3c2=O)c1. The molecule has 4 N–H and O–H groups in total. The number of amides is 1. The predicted octanol–water partition coefficient (Wildman–Crippen LogP) is 2.55. The molecule has 1 heterocycles. The van der Waals surface area contributed by atoms with Crippen molar-refractivity contribution in [3.63, 3.8) is 0 Å². The van der Waals surface area contributed by atoms with Gasteiger partial charge in [0.15, 0.2) is 0 Å². The molecule has 26 heavy (non-hydrogen) atoms. The Bertz CT molecular complexity index is 1090. The zero-order valence-electron chi connectivity index (χ0n) is 13.9. The van der Waals surface area contributed by atoms with Gasteiger partial charge >= 0.3 is 0 Å². The molecule has 1 aliphatic carbocycles. The molecule has 1 unspecified atom stereocenters. The lowest BCUT2D eigenvalue weighted by molar-refractivity contribution is 0.1000. The molecule has 1 aliphatic rings. The Balaban J connectivity index is 2.05. The van der Waals surface area contributed by atoms with E-state index in [1.54, 1.807) is 42.5 Å². The highest BCUT2D eigenvalue weighted by Crippen LogP contribution is 2.39. The van der Waals surface area contributed by atoms with E-state index in [0.29, 0.717) is 38.9 Å². The van der Waals surface area contributed by atoms with Crippen molar-refractivity contribution in [1.82, 2.24) is 9.55 Å². The van der Waals surface area contributed by atoms with Gasteiger partial charge in [-0.25, -0.2) is 4.98 Å². The van der Waals surface area contributed by atoms with Gasteiger partial charge in [-0.3, -0.25) is 14.2 Å². The van der Waals surface area contributed by atoms with Crippen LogP contribution in [0, 0.1) is 5.92 Å². The molecule has 1 aromatic heterocycles. The highest BCUT2D eigenvalue weighted by atomic mass is 35.5. The standard InChI is InChI=1S/C19H17ClN4O2/c20-13-5-2-6-14-15(13)19(26)24(18(23-14)16(21)10-7-8-10)12-4-1-3-11(9-12)17(22)25/h1-6,9-10,16H,7-8,21H2,(H2,22,25). The Hall–Kier alpha value is -2.70. The van der Waals surface area contributed by atoms with Crippen LogP contribution in [0.4, 0.5) is 0 Å². The third-order valence-electron chi connectivity index (χ3n) is 4.69. The average Bonchev–Trinajstić information content (AvgIpc) is 3.46. The molecule has 1 atom stereocenters. The number of primary amides is 1. The fourth-order valence-corrected chi connectivity index (χ4v) is 3.39. The molecule has 0 radical (unpaired) electrons. The number of benzene rings is 2. The van der Waals surface area contributed by atoms with Gasteiger partial charge in [-0.05, 0) is 49.1 Å². The predicted molar refractivity (Wildman–Crippen MR) is 101 cm³/mol. The van der Waals surface area contributed by atoms with Crippen molar-refractivity contribution in [3.8, 4) is 5.69 Å². The van der Waals surface area contributed by atoms with Gasteiger partial charge in [-0.2, -0.15) is 0 Å². The van der Waals surface area contributed by atoms with E-state index in [1.165, 1.54) is 4.57 Å². The molecule has 4 rings (SSSR count). The summed E-state index contributed by atoms with van der Waals surface area (Å²) >= 11 is 6.25. The summed E-state index contributed by atoms with van der Waals surface area (Å²) in [5, 5.41) is 0.650. The lowest BCUT2D eigenvalue weighted by Gasteiger charge is -2.19. The fourth-order valence-electron chi connectivity index (χ4n) is 3.14. The first-order valence-electron chi connectivity index (χ1n) is 8.34. The highest BCUT2D eigenvalue weighted by Gasteiger charge is 2.33. The minimum atomic E-state index is -0.570. The van der Waals surface area contributed by atoms with Gasteiger partial charge in [0, 0.05) is 5.56 Å². The molecular formula is C19H17ClN4O2. The number of rotatable bonds is 4. The number of fused-ring (bicyclic) bond motifs is 1. The molecule has 1 amide bonds. The van der Waals surface area contributed by atoms with Crippen LogP contribution in [0.5, 0.6) is 0 Å². The topological polar surface area (TPSA) is 104 Å².